The molecule has 1 aliphatic rings. The molecular formula is C19H26N2O2S2. The van der Waals surface area contributed by atoms with E-state index < -0.39 is 10.0 Å². The number of thiophene rings is 1. The number of hydrogen-bond acceptors (Lipinski definition) is 4. The van der Waals surface area contributed by atoms with Crippen LogP contribution in [0.5, 0.6) is 0 Å². The summed E-state index contributed by atoms with van der Waals surface area (Å²) in [5.74, 6) is 0.456. The van der Waals surface area contributed by atoms with Crippen LogP contribution in [0, 0.1) is 0 Å². The van der Waals surface area contributed by atoms with Crippen molar-refractivity contribution < 1.29 is 8.42 Å². The lowest BCUT2D eigenvalue weighted by atomic mass is 9.99. The van der Waals surface area contributed by atoms with E-state index in [4.69, 9.17) is 0 Å². The maximum absolute atomic E-state index is 12.9. The number of piperazine rings is 1. The van der Waals surface area contributed by atoms with Gasteiger partial charge in [-0.15, -0.1) is 11.3 Å². The maximum Gasteiger partial charge on any atom is 0.243 e. The van der Waals surface area contributed by atoms with Crippen molar-refractivity contribution in [3.05, 3.63) is 52.2 Å². The molecule has 0 amide bonds. The molecule has 1 aromatic heterocycles. The number of hydrogen-bond donors (Lipinski definition) is 0. The molecule has 0 aliphatic carbocycles. The molecule has 0 spiro atoms. The number of sulfonamides is 1. The minimum atomic E-state index is -3.39. The zero-order valence-corrected chi connectivity index (χ0v) is 16.5. The Labute approximate surface area is 155 Å². The van der Waals surface area contributed by atoms with Crippen LogP contribution >= 0.6 is 11.3 Å². The van der Waals surface area contributed by atoms with Gasteiger partial charge in [-0.1, -0.05) is 32.0 Å². The van der Waals surface area contributed by atoms with Crippen molar-refractivity contribution in [2.24, 2.45) is 0 Å². The van der Waals surface area contributed by atoms with Gasteiger partial charge in [0.25, 0.3) is 0 Å². The van der Waals surface area contributed by atoms with Crippen molar-refractivity contribution in [2.75, 3.05) is 26.2 Å². The Balaban J connectivity index is 1.63. The van der Waals surface area contributed by atoms with Gasteiger partial charge < -0.3 is 0 Å². The summed E-state index contributed by atoms with van der Waals surface area (Å²) in [6, 6.07) is 11.6. The van der Waals surface area contributed by atoms with Gasteiger partial charge in [0.1, 0.15) is 0 Å². The van der Waals surface area contributed by atoms with Gasteiger partial charge in [0.15, 0.2) is 0 Å². The first kappa shape index (κ1) is 18.6. The molecule has 0 unspecified atom stereocenters. The van der Waals surface area contributed by atoms with Crippen LogP contribution in [0.2, 0.25) is 0 Å². The van der Waals surface area contributed by atoms with Crippen LogP contribution in [0.3, 0.4) is 0 Å². The van der Waals surface area contributed by atoms with Gasteiger partial charge in [0.2, 0.25) is 10.0 Å². The fraction of sp³-hybridized carbons (Fsp3) is 0.474. The van der Waals surface area contributed by atoms with Crippen LogP contribution in [0.4, 0.5) is 0 Å². The number of rotatable bonds is 6. The first-order valence-corrected chi connectivity index (χ1v) is 11.2. The molecule has 136 valence electrons. The van der Waals surface area contributed by atoms with Crippen molar-refractivity contribution in [2.45, 2.75) is 37.6 Å². The molecule has 0 saturated carbocycles. The van der Waals surface area contributed by atoms with E-state index in [1.165, 1.54) is 10.4 Å². The normalized spacial score (nSPS) is 18.3. The third-order valence-electron chi connectivity index (χ3n) is 4.99. The molecule has 0 radical (unpaired) electrons. The topological polar surface area (TPSA) is 40.6 Å². The number of benzene rings is 1. The largest absolute Gasteiger partial charge is 0.296 e. The highest BCUT2D eigenvalue weighted by molar-refractivity contribution is 7.89. The van der Waals surface area contributed by atoms with Crippen molar-refractivity contribution in [1.29, 1.82) is 0 Å². The molecule has 0 N–H and O–H groups in total. The SMILES string of the molecule is CC[C@H](C)c1ccc(S(=O)(=O)N2CCN(Cc3cccs3)CC2)cc1. The predicted octanol–water partition coefficient (Wildman–Crippen LogP) is 3.77. The minimum Gasteiger partial charge on any atom is -0.296 e. The molecule has 1 aliphatic heterocycles. The average molecular weight is 379 g/mol. The standard InChI is InChI=1S/C19H26N2O2S2/c1-3-16(2)17-6-8-19(9-7-17)25(22,23)21-12-10-20(11-13-21)15-18-5-4-14-24-18/h4-9,14,16H,3,10-13,15H2,1-2H3/t16-/m0/s1. The lowest BCUT2D eigenvalue weighted by molar-refractivity contribution is 0.183. The molecular weight excluding hydrogens is 352 g/mol. The molecule has 1 aromatic carbocycles. The monoisotopic (exact) mass is 378 g/mol. The maximum atomic E-state index is 12.9. The molecule has 1 fully saturated rings. The molecule has 3 rings (SSSR count). The fourth-order valence-electron chi connectivity index (χ4n) is 3.10. The van der Waals surface area contributed by atoms with Gasteiger partial charge in [-0.2, -0.15) is 4.31 Å². The van der Waals surface area contributed by atoms with Crippen LogP contribution in [0.15, 0.2) is 46.7 Å². The minimum absolute atomic E-state index is 0.409. The Bertz CT molecular complexity index is 762. The quantitative estimate of drug-likeness (QED) is 0.768. The van der Waals surface area contributed by atoms with Crippen molar-refractivity contribution in [3.8, 4) is 0 Å². The van der Waals surface area contributed by atoms with Crippen LogP contribution in [0.1, 0.15) is 36.6 Å². The van der Waals surface area contributed by atoms with Gasteiger partial charge in [-0.3, -0.25) is 4.90 Å². The Hall–Kier alpha value is -1.21. The highest BCUT2D eigenvalue weighted by Crippen LogP contribution is 2.23. The molecule has 4 nitrogen and oxygen atoms in total. The fourth-order valence-corrected chi connectivity index (χ4v) is 5.27. The van der Waals surface area contributed by atoms with E-state index >= 15 is 0 Å². The summed E-state index contributed by atoms with van der Waals surface area (Å²) in [7, 11) is -3.39. The van der Waals surface area contributed by atoms with E-state index in [2.05, 4.69) is 36.3 Å². The number of nitrogens with zero attached hydrogens (tertiary/aromatic N) is 2. The zero-order valence-electron chi connectivity index (χ0n) is 14.9. The molecule has 6 heteroatoms. The van der Waals surface area contributed by atoms with Gasteiger partial charge >= 0.3 is 0 Å². The van der Waals surface area contributed by atoms with Crippen LogP contribution in [0.25, 0.3) is 0 Å². The molecule has 25 heavy (non-hydrogen) atoms. The average Bonchev–Trinajstić information content (AvgIpc) is 3.14. The lowest BCUT2D eigenvalue weighted by Crippen LogP contribution is -2.48. The molecule has 1 atom stereocenters. The highest BCUT2D eigenvalue weighted by Gasteiger charge is 2.28. The molecule has 2 aromatic rings. The second kappa shape index (κ2) is 7.99. The second-order valence-corrected chi connectivity index (χ2v) is 9.61. The van der Waals surface area contributed by atoms with E-state index in [1.807, 2.05) is 12.1 Å². The molecule has 0 bridgehead atoms. The Morgan fingerprint density at radius 1 is 1.08 bits per heavy atom. The summed E-state index contributed by atoms with van der Waals surface area (Å²) in [5, 5.41) is 2.08. The van der Waals surface area contributed by atoms with Gasteiger partial charge in [0, 0.05) is 37.6 Å². The van der Waals surface area contributed by atoms with Crippen molar-refractivity contribution >= 4 is 21.4 Å². The van der Waals surface area contributed by atoms with Gasteiger partial charge in [0.05, 0.1) is 4.90 Å². The van der Waals surface area contributed by atoms with Crippen LogP contribution in [-0.2, 0) is 16.6 Å². The van der Waals surface area contributed by atoms with E-state index in [9.17, 15) is 8.42 Å². The molecule has 1 saturated heterocycles. The first-order chi connectivity index (χ1) is 12.0. The zero-order chi connectivity index (χ0) is 17.9. The first-order valence-electron chi connectivity index (χ1n) is 8.85. The Kier molecular flexibility index (Phi) is 5.94. The third kappa shape index (κ3) is 4.31. The highest BCUT2D eigenvalue weighted by atomic mass is 32.2. The summed E-state index contributed by atoms with van der Waals surface area (Å²) >= 11 is 1.75. The molecule has 2 heterocycles. The summed E-state index contributed by atoms with van der Waals surface area (Å²) in [6.45, 7) is 7.89. The van der Waals surface area contributed by atoms with Gasteiger partial charge in [-0.05, 0) is 41.5 Å². The van der Waals surface area contributed by atoms with E-state index in [0.717, 1.165) is 26.1 Å². The smallest absolute Gasteiger partial charge is 0.243 e. The summed E-state index contributed by atoms with van der Waals surface area (Å²) in [6.07, 6.45) is 1.05. The van der Waals surface area contributed by atoms with Gasteiger partial charge in [-0.25, -0.2) is 8.42 Å². The van der Waals surface area contributed by atoms with Crippen molar-refractivity contribution in [1.82, 2.24) is 9.21 Å². The van der Waals surface area contributed by atoms with E-state index in [1.54, 1.807) is 27.8 Å². The van der Waals surface area contributed by atoms with Crippen LogP contribution in [-0.4, -0.2) is 43.8 Å². The van der Waals surface area contributed by atoms with E-state index in [0.29, 0.717) is 23.9 Å². The van der Waals surface area contributed by atoms with Crippen LogP contribution < -0.4 is 0 Å². The van der Waals surface area contributed by atoms with Crippen molar-refractivity contribution in [3.63, 3.8) is 0 Å². The third-order valence-corrected chi connectivity index (χ3v) is 7.76. The van der Waals surface area contributed by atoms with E-state index in [-0.39, 0.29) is 0 Å². The summed E-state index contributed by atoms with van der Waals surface area (Å²) < 4.78 is 27.4. The Morgan fingerprint density at radius 3 is 2.32 bits per heavy atom. The summed E-state index contributed by atoms with van der Waals surface area (Å²) in [4.78, 5) is 4.06. The second-order valence-electron chi connectivity index (χ2n) is 6.64. The predicted molar refractivity (Wildman–Crippen MR) is 104 cm³/mol. The Morgan fingerprint density at radius 2 is 1.76 bits per heavy atom. The lowest BCUT2D eigenvalue weighted by Gasteiger charge is -2.33. The summed E-state index contributed by atoms with van der Waals surface area (Å²) in [5.41, 5.74) is 1.20.